The van der Waals surface area contributed by atoms with Gasteiger partial charge >= 0.3 is 0 Å². The van der Waals surface area contributed by atoms with Gasteiger partial charge in [-0.2, -0.15) is 4.68 Å². The molecule has 2 aromatic carbocycles. The zero-order valence-corrected chi connectivity index (χ0v) is 17.3. The number of carbonyl (C=O) groups excluding carboxylic acids is 1. The Bertz CT molecular complexity index is 1040. The molecule has 10 heteroatoms. The molecule has 0 saturated heterocycles. The Morgan fingerprint density at radius 2 is 1.93 bits per heavy atom. The van der Waals surface area contributed by atoms with Gasteiger partial charge in [-0.15, -0.1) is 5.10 Å². The Morgan fingerprint density at radius 3 is 2.64 bits per heavy atom. The summed E-state index contributed by atoms with van der Waals surface area (Å²) in [5, 5.41) is 11.1. The predicted octanol–water partition coefficient (Wildman–Crippen LogP) is 3.32. The molecule has 3 aromatic rings. The van der Waals surface area contributed by atoms with E-state index in [9.17, 15) is 9.18 Å². The fourth-order valence-corrected chi connectivity index (χ4v) is 3.68. The van der Waals surface area contributed by atoms with Gasteiger partial charge in [0.1, 0.15) is 5.82 Å². The summed E-state index contributed by atoms with van der Waals surface area (Å²) in [6.45, 7) is 0.602. The van der Waals surface area contributed by atoms with Crippen molar-refractivity contribution in [2.45, 2.75) is 6.67 Å². The Kier molecular flexibility index (Phi) is 6.74. The van der Waals surface area contributed by atoms with Crippen molar-refractivity contribution in [3.63, 3.8) is 0 Å². The van der Waals surface area contributed by atoms with Crippen LogP contribution in [0.15, 0.2) is 48.5 Å². The number of rotatable bonds is 7. The fourth-order valence-electron chi connectivity index (χ4n) is 2.48. The van der Waals surface area contributed by atoms with Crippen LogP contribution in [0.25, 0.3) is 0 Å². The van der Waals surface area contributed by atoms with Crippen molar-refractivity contribution in [2.24, 2.45) is 0 Å². The van der Waals surface area contributed by atoms with Gasteiger partial charge < -0.3 is 15.5 Å². The first kappa shape index (κ1) is 20.4. The molecule has 1 aromatic heterocycles. The second-order valence-corrected chi connectivity index (χ2v) is 8.13. The number of halogens is 2. The highest BCUT2D eigenvalue weighted by molar-refractivity contribution is 7.73. The lowest BCUT2D eigenvalue weighted by atomic mass is 10.3. The number of likely N-dealkylation sites (N-methyl/N-ethyl adjacent to an activating group) is 1. The highest BCUT2D eigenvalue weighted by Gasteiger charge is 2.14. The van der Waals surface area contributed by atoms with Crippen molar-refractivity contribution in [3.8, 4) is 0 Å². The molecule has 0 radical (unpaired) electrons. The first-order valence-electron chi connectivity index (χ1n) is 8.37. The number of amides is 1. The maximum absolute atomic E-state index is 13.8. The van der Waals surface area contributed by atoms with Crippen molar-refractivity contribution in [3.05, 3.63) is 63.3 Å². The number of hydrogen-bond acceptors (Lipinski definition) is 5. The lowest BCUT2D eigenvalue weighted by Gasteiger charge is -2.14. The number of carbonyl (C=O) groups is 1. The van der Waals surface area contributed by atoms with E-state index in [2.05, 4.69) is 15.7 Å². The zero-order valence-electron chi connectivity index (χ0n) is 14.9. The van der Waals surface area contributed by atoms with Gasteiger partial charge in [-0.1, -0.05) is 47.2 Å². The molecule has 0 saturated carbocycles. The second-order valence-electron chi connectivity index (χ2n) is 6.10. The van der Waals surface area contributed by atoms with Crippen LogP contribution in [0.1, 0.15) is 0 Å². The van der Waals surface area contributed by atoms with Crippen molar-refractivity contribution in [2.75, 3.05) is 24.2 Å². The molecule has 0 aliphatic carbocycles. The highest BCUT2D eigenvalue weighted by atomic mass is 35.5. The first-order valence-corrected chi connectivity index (χ1v) is 9.98. The second kappa shape index (κ2) is 9.24. The van der Waals surface area contributed by atoms with E-state index in [0.717, 1.165) is 4.90 Å². The van der Waals surface area contributed by atoms with Gasteiger partial charge in [0, 0.05) is 0 Å². The van der Waals surface area contributed by atoms with E-state index in [1.807, 2.05) is 7.05 Å². The molecule has 6 nitrogen and oxygen atoms in total. The minimum atomic E-state index is -0.367. The summed E-state index contributed by atoms with van der Waals surface area (Å²) in [6.07, 6.45) is 0. The molecule has 1 atom stereocenters. The molecule has 3 rings (SSSR count). The third-order valence-corrected chi connectivity index (χ3v) is 5.30. The summed E-state index contributed by atoms with van der Waals surface area (Å²) < 4.78 is 15.9. The largest absolute Gasteiger partial charge is 0.328 e. The van der Waals surface area contributed by atoms with Crippen LogP contribution in [0.4, 0.5) is 20.9 Å². The van der Waals surface area contributed by atoms with E-state index < -0.39 is 0 Å². The first-order chi connectivity index (χ1) is 13.4. The number of aromatic nitrogens is 2. The number of nitrogens with one attached hydrogen (secondary N) is 3. The molecule has 1 amide bonds. The maximum atomic E-state index is 13.8. The van der Waals surface area contributed by atoms with Gasteiger partial charge in [0.25, 0.3) is 5.91 Å². The number of anilines is 3. The van der Waals surface area contributed by atoms with Crippen LogP contribution < -0.4 is 15.5 Å². The van der Waals surface area contributed by atoms with Crippen molar-refractivity contribution in [1.29, 1.82) is 0 Å². The monoisotopic (exact) mass is 438 g/mol. The number of hydrogen-bond donors (Lipinski definition) is 3. The quantitative estimate of drug-likeness (QED) is 0.495. The van der Waals surface area contributed by atoms with Crippen LogP contribution >= 0.6 is 35.2 Å². The van der Waals surface area contributed by atoms with Gasteiger partial charge in [-0.05, 0) is 36.5 Å². The molecule has 0 fully saturated rings. The van der Waals surface area contributed by atoms with Gasteiger partial charge in [0.15, 0.2) is 17.2 Å². The fraction of sp³-hybridized carbons (Fsp3) is 0.167. The summed E-state index contributed by atoms with van der Waals surface area (Å²) in [7, 11) is 1.86. The third-order valence-electron chi connectivity index (χ3n) is 3.75. The van der Waals surface area contributed by atoms with E-state index in [4.69, 9.17) is 23.8 Å². The molecule has 28 heavy (non-hydrogen) atoms. The highest BCUT2D eigenvalue weighted by Crippen LogP contribution is 2.22. The average Bonchev–Trinajstić information content (AvgIpc) is 2.98. The molecule has 0 spiro atoms. The number of nitrogens with zero attached hydrogens (tertiary/aromatic N) is 2. The van der Waals surface area contributed by atoms with Crippen molar-refractivity contribution in [1.82, 2.24) is 9.78 Å². The summed E-state index contributed by atoms with van der Waals surface area (Å²) in [5.74, 6) is -0.536. The number of para-hydroxylation sites is 2. The van der Waals surface area contributed by atoms with Crippen LogP contribution in [0.3, 0.4) is 0 Å². The Hall–Kier alpha value is -2.33. The van der Waals surface area contributed by atoms with E-state index in [1.54, 1.807) is 47.1 Å². The summed E-state index contributed by atoms with van der Waals surface area (Å²) in [5.41, 5.74) is 0.904. The van der Waals surface area contributed by atoms with Gasteiger partial charge in [0.2, 0.25) is 5.13 Å². The molecule has 1 unspecified atom stereocenters. The number of benzene rings is 2. The molecule has 0 bridgehead atoms. The maximum Gasteiger partial charge on any atom is 0.279 e. The summed E-state index contributed by atoms with van der Waals surface area (Å²) in [4.78, 5) is 13.1. The molecule has 3 N–H and O–H groups in total. The number of quaternary nitrogens is 1. The zero-order chi connectivity index (χ0) is 20.1. The molecule has 146 valence electrons. The Morgan fingerprint density at radius 1 is 1.25 bits per heavy atom. The average molecular weight is 439 g/mol. The van der Waals surface area contributed by atoms with E-state index in [1.165, 1.54) is 17.4 Å². The lowest BCUT2D eigenvalue weighted by Crippen LogP contribution is -3.09. The van der Waals surface area contributed by atoms with Crippen LogP contribution in [-0.4, -0.2) is 29.3 Å². The SMILES string of the molecule is C[NH+](CC(=O)Nc1ccccc1Cl)Cn1nc(Nc2ccccc2F)sc1=S. The lowest BCUT2D eigenvalue weighted by molar-refractivity contribution is -0.895. The predicted molar refractivity (Wildman–Crippen MR) is 112 cm³/mol. The van der Waals surface area contributed by atoms with E-state index >= 15 is 0 Å². The van der Waals surface area contributed by atoms with Crippen LogP contribution in [0.5, 0.6) is 0 Å². The van der Waals surface area contributed by atoms with Crippen molar-refractivity contribution >= 4 is 57.6 Å². The minimum absolute atomic E-state index is 0.169. The molecule has 1 heterocycles. The minimum Gasteiger partial charge on any atom is -0.328 e. The third kappa shape index (κ3) is 5.35. The molecule has 0 aliphatic rings. The summed E-state index contributed by atoms with van der Waals surface area (Å²) >= 11 is 12.6. The standard InChI is InChI=1S/C18H17ClFN5OS2/c1-24(10-16(26)21-14-8-4-2-6-12(14)19)11-25-18(27)28-17(23-25)22-15-9-5-3-7-13(15)20/h2-9H,10-11H2,1H3,(H,21,26)(H,22,23)/p+1. The van der Waals surface area contributed by atoms with Crippen molar-refractivity contribution < 1.29 is 14.1 Å². The molecular formula is C18H18ClFN5OS2+. The summed E-state index contributed by atoms with van der Waals surface area (Å²) in [6, 6.07) is 13.4. The van der Waals surface area contributed by atoms with Gasteiger partial charge in [-0.3, -0.25) is 4.79 Å². The molecule has 0 aliphatic heterocycles. The van der Waals surface area contributed by atoms with Crippen LogP contribution in [0, 0.1) is 9.77 Å². The van der Waals surface area contributed by atoms with Crippen LogP contribution in [0.2, 0.25) is 5.02 Å². The van der Waals surface area contributed by atoms with Gasteiger partial charge in [0.05, 0.1) is 23.4 Å². The van der Waals surface area contributed by atoms with E-state index in [0.29, 0.717) is 32.2 Å². The van der Waals surface area contributed by atoms with Crippen LogP contribution in [-0.2, 0) is 11.5 Å². The Balaban J connectivity index is 1.60. The topological polar surface area (TPSA) is 63.4 Å². The van der Waals surface area contributed by atoms with E-state index in [-0.39, 0.29) is 18.3 Å². The molecular weight excluding hydrogens is 421 g/mol. The normalized spacial score (nSPS) is 11.8. The van der Waals surface area contributed by atoms with Gasteiger partial charge in [-0.25, -0.2) is 4.39 Å². The smallest absolute Gasteiger partial charge is 0.279 e. The Labute approximate surface area is 175 Å².